The topological polar surface area (TPSA) is 119 Å². The van der Waals surface area contributed by atoms with Crippen molar-refractivity contribution in [1.29, 1.82) is 0 Å². The van der Waals surface area contributed by atoms with Crippen molar-refractivity contribution in [2.45, 2.75) is 13.5 Å². The lowest BCUT2D eigenvalue weighted by molar-refractivity contribution is 0.102. The van der Waals surface area contributed by atoms with E-state index in [-0.39, 0.29) is 16.9 Å². The quantitative estimate of drug-likeness (QED) is 0.635. The zero-order valence-electron chi connectivity index (χ0n) is 16.1. The van der Waals surface area contributed by atoms with Crippen molar-refractivity contribution in [2.75, 3.05) is 23.4 Å². The van der Waals surface area contributed by atoms with E-state index in [9.17, 15) is 18.0 Å². The van der Waals surface area contributed by atoms with Crippen LogP contribution in [0.15, 0.2) is 47.3 Å². The van der Waals surface area contributed by atoms with Crippen molar-refractivity contribution in [3.05, 3.63) is 58.5 Å². The first kappa shape index (κ1) is 20.3. The molecule has 3 rings (SSSR count). The molecule has 1 amide bonds. The number of hydrogen-bond donors (Lipinski definition) is 2. The number of carbonyl (C=O) groups is 1. The molecule has 0 radical (unpaired) electrons. The fourth-order valence-corrected chi connectivity index (χ4v) is 3.43. The van der Waals surface area contributed by atoms with Crippen LogP contribution >= 0.6 is 0 Å². The van der Waals surface area contributed by atoms with Gasteiger partial charge in [0.2, 0.25) is 10.0 Å². The van der Waals surface area contributed by atoms with E-state index in [1.165, 1.54) is 23.9 Å². The Balaban J connectivity index is 2.02. The molecule has 2 aromatic carbocycles. The van der Waals surface area contributed by atoms with Gasteiger partial charge in [-0.15, -0.1) is 0 Å². The number of nitrogens with one attached hydrogen (secondary N) is 2. The second-order valence-corrected chi connectivity index (χ2v) is 8.01. The highest BCUT2D eigenvalue weighted by molar-refractivity contribution is 7.92. The highest BCUT2D eigenvalue weighted by atomic mass is 32.2. The number of ether oxygens (including phenoxy) is 1. The highest BCUT2D eigenvalue weighted by Gasteiger charge is 2.17. The minimum atomic E-state index is -3.54. The van der Waals surface area contributed by atoms with Gasteiger partial charge in [-0.25, -0.2) is 13.1 Å². The molecule has 0 fully saturated rings. The molecule has 1 heterocycles. The Morgan fingerprint density at radius 2 is 1.86 bits per heavy atom. The van der Waals surface area contributed by atoms with Gasteiger partial charge in [0.1, 0.15) is 5.75 Å². The van der Waals surface area contributed by atoms with Crippen molar-refractivity contribution in [1.82, 2.24) is 9.78 Å². The van der Waals surface area contributed by atoms with Crippen molar-refractivity contribution in [2.24, 2.45) is 0 Å². The van der Waals surface area contributed by atoms with Gasteiger partial charge in [-0.05, 0) is 31.2 Å². The number of aromatic nitrogens is 2. The molecule has 3 aromatic rings. The van der Waals surface area contributed by atoms with Crippen LogP contribution in [0.25, 0.3) is 10.8 Å². The summed E-state index contributed by atoms with van der Waals surface area (Å²) >= 11 is 0. The highest BCUT2D eigenvalue weighted by Crippen LogP contribution is 2.29. The molecule has 9 nitrogen and oxygen atoms in total. The SMILES string of the molecule is CCn1nc(C(=O)Nc2ccc(OC)c(NS(C)(=O)=O)c2)c2ccccc2c1=O. The van der Waals surface area contributed by atoms with Gasteiger partial charge in [-0.3, -0.25) is 14.3 Å². The zero-order chi connectivity index (χ0) is 21.2. The summed E-state index contributed by atoms with van der Waals surface area (Å²) < 4.78 is 31.9. The Morgan fingerprint density at radius 3 is 2.48 bits per heavy atom. The number of rotatable bonds is 6. The Labute approximate surface area is 167 Å². The number of aryl methyl sites for hydroxylation is 1. The lowest BCUT2D eigenvalue weighted by atomic mass is 10.1. The maximum atomic E-state index is 12.9. The van der Waals surface area contributed by atoms with E-state index in [0.29, 0.717) is 28.8 Å². The summed E-state index contributed by atoms with van der Waals surface area (Å²) in [4.78, 5) is 25.3. The molecular weight excluding hydrogens is 396 g/mol. The summed E-state index contributed by atoms with van der Waals surface area (Å²) in [7, 11) is -2.14. The van der Waals surface area contributed by atoms with E-state index in [1.54, 1.807) is 37.3 Å². The number of benzene rings is 2. The van der Waals surface area contributed by atoms with Crippen LogP contribution in [0.3, 0.4) is 0 Å². The van der Waals surface area contributed by atoms with Crippen LogP contribution in [0.5, 0.6) is 5.75 Å². The molecule has 152 valence electrons. The van der Waals surface area contributed by atoms with Crippen LogP contribution in [-0.2, 0) is 16.6 Å². The molecule has 0 unspecified atom stereocenters. The number of methoxy groups -OCH3 is 1. The van der Waals surface area contributed by atoms with Gasteiger partial charge >= 0.3 is 0 Å². The monoisotopic (exact) mass is 416 g/mol. The largest absolute Gasteiger partial charge is 0.495 e. The first-order valence-corrected chi connectivity index (χ1v) is 10.6. The first-order chi connectivity index (χ1) is 13.7. The lowest BCUT2D eigenvalue weighted by Crippen LogP contribution is -2.27. The van der Waals surface area contributed by atoms with Crippen LogP contribution in [-0.4, -0.2) is 37.5 Å². The van der Waals surface area contributed by atoms with Gasteiger partial charge in [0.05, 0.1) is 24.4 Å². The van der Waals surface area contributed by atoms with Crippen molar-refractivity contribution in [3.63, 3.8) is 0 Å². The Bertz CT molecular complexity index is 1250. The van der Waals surface area contributed by atoms with Gasteiger partial charge in [0.15, 0.2) is 5.69 Å². The van der Waals surface area contributed by atoms with Gasteiger partial charge < -0.3 is 10.1 Å². The molecule has 1 aromatic heterocycles. The Kier molecular flexibility index (Phi) is 5.55. The third-order valence-electron chi connectivity index (χ3n) is 4.14. The molecule has 2 N–H and O–H groups in total. The second kappa shape index (κ2) is 7.92. The molecule has 0 aliphatic rings. The zero-order valence-corrected chi connectivity index (χ0v) is 16.9. The molecule has 0 saturated heterocycles. The van der Waals surface area contributed by atoms with Gasteiger partial charge in [-0.2, -0.15) is 5.10 Å². The Hall–Kier alpha value is -3.40. The molecule has 0 spiro atoms. The van der Waals surface area contributed by atoms with Gasteiger partial charge in [0, 0.05) is 17.6 Å². The Morgan fingerprint density at radius 1 is 1.17 bits per heavy atom. The number of nitrogens with zero attached hydrogens (tertiary/aromatic N) is 2. The van der Waals surface area contributed by atoms with E-state index in [0.717, 1.165) is 6.26 Å². The van der Waals surface area contributed by atoms with E-state index < -0.39 is 15.9 Å². The van der Waals surface area contributed by atoms with Crippen molar-refractivity contribution < 1.29 is 17.9 Å². The van der Waals surface area contributed by atoms with E-state index in [4.69, 9.17) is 4.74 Å². The van der Waals surface area contributed by atoms with Crippen LogP contribution in [0.4, 0.5) is 11.4 Å². The summed E-state index contributed by atoms with van der Waals surface area (Å²) in [6.07, 6.45) is 1.02. The molecule has 0 atom stereocenters. The smallest absolute Gasteiger partial charge is 0.276 e. The van der Waals surface area contributed by atoms with Crippen LogP contribution < -0.4 is 20.3 Å². The molecule has 0 saturated carbocycles. The van der Waals surface area contributed by atoms with Crippen molar-refractivity contribution >= 4 is 38.1 Å². The number of anilines is 2. The maximum absolute atomic E-state index is 12.9. The normalized spacial score (nSPS) is 11.3. The standard InChI is InChI=1S/C19H20N4O5S/c1-4-23-19(25)14-8-6-5-7-13(14)17(21-23)18(24)20-12-9-10-16(28-2)15(11-12)22-29(3,26)27/h5-11,22H,4H2,1-3H3,(H,20,24). The van der Waals surface area contributed by atoms with Crippen molar-refractivity contribution in [3.8, 4) is 5.75 Å². The number of amides is 1. The molecule has 29 heavy (non-hydrogen) atoms. The summed E-state index contributed by atoms with van der Waals surface area (Å²) in [6.45, 7) is 2.08. The summed E-state index contributed by atoms with van der Waals surface area (Å²) in [6, 6.07) is 11.3. The number of fused-ring (bicyclic) bond motifs is 1. The fraction of sp³-hybridized carbons (Fsp3) is 0.211. The van der Waals surface area contributed by atoms with E-state index >= 15 is 0 Å². The van der Waals surface area contributed by atoms with Gasteiger partial charge in [-0.1, -0.05) is 18.2 Å². The van der Waals surface area contributed by atoms with E-state index in [1.807, 2.05) is 0 Å². The number of sulfonamides is 1. The van der Waals surface area contributed by atoms with Gasteiger partial charge in [0.25, 0.3) is 11.5 Å². The minimum absolute atomic E-state index is 0.0930. The first-order valence-electron chi connectivity index (χ1n) is 8.70. The fourth-order valence-electron chi connectivity index (χ4n) is 2.87. The molecule has 10 heteroatoms. The maximum Gasteiger partial charge on any atom is 0.276 e. The summed E-state index contributed by atoms with van der Waals surface area (Å²) in [5.74, 6) is -0.226. The third-order valence-corrected chi connectivity index (χ3v) is 4.73. The van der Waals surface area contributed by atoms with Crippen LogP contribution in [0.1, 0.15) is 17.4 Å². The van der Waals surface area contributed by atoms with E-state index in [2.05, 4.69) is 15.1 Å². The van der Waals surface area contributed by atoms with Crippen LogP contribution in [0, 0.1) is 0 Å². The second-order valence-electron chi connectivity index (χ2n) is 6.26. The third kappa shape index (κ3) is 4.37. The lowest BCUT2D eigenvalue weighted by Gasteiger charge is -2.13. The molecular formula is C19H20N4O5S. The summed E-state index contributed by atoms with van der Waals surface area (Å²) in [5, 5.41) is 7.70. The predicted octanol–water partition coefficient (Wildman–Crippen LogP) is 2.05. The average molecular weight is 416 g/mol. The predicted molar refractivity (Wildman–Crippen MR) is 111 cm³/mol. The molecule has 0 bridgehead atoms. The number of hydrogen-bond acceptors (Lipinski definition) is 6. The number of carbonyl (C=O) groups excluding carboxylic acids is 1. The minimum Gasteiger partial charge on any atom is -0.495 e. The molecule has 0 aliphatic heterocycles. The summed E-state index contributed by atoms with van der Waals surface area (Å²) in [5.41, 5.74) is 0.338. The average Bonchev–Trinajstić information content (AvgIpc) is 2.67. The van der Waals surface area contributed by atoms with Crippen LogP contribution in [0.2, 0.25) is 0 Å². The molecule has 0 aliphatic carbocycles.